The maximum Gasteiger partial charge on any atom is 0.131 e. The van der Waals surface area contributed by atoms with Crippen LogP contribution in [0.1, 0.15) is 28.3 Å². The number of aryl methyl sites for hydroxylation is 1. The molecule has 4 nitrogen and oxygen atoms in total. The van der Waals surface area contributed by atoms with Crippen molar-refractivity contribution in [2.24, 2.45) is 0 Å². The third-order valence-electron chi connectivity index (χ3n) is 5.50. The molecule has 0 saturated carbocycles. The molecule has 29 heavy (non-hydrogen) atoms. The van der Waals surface area contributed by atoms with E-state index < -0.39 is 0 Å². The molecule has 0 aliphatic heterocycles. The summed E-state index contributed by atoms with van der Waals surface area (Å²) in [7, 11) is 0. The molecule has 0 amide bonds. The number of para-hydroxylation sites is 2. The molecule has 0 aliphatic rings. The Morgan fingerprint density at radius 2 is 1.52 bits per heavy atom. The zero-order chi connectivity index (χ0) is 19.8. The molecule has 0 spiro atoms. The van der Waals surface area contributed by atoms with Crippen molar-refractivity contribution < 1.29 is 0 Å². The summed E-state index contributed by atoms with van der Waals surface area (Å²) in [6, 6.07) is 28.9. The fraction of sp³-hybridized carbons (Fsp3) is 0.0800. The van der Waals surface area contributed by atoms with Crippen molar-refractivity contribution in [2.45, 2.75) is 12.8 Å². The van der Waals surface area contributed by atoms with Crippen molar-refractivity contribution in [3.8, 4) is 5.69 Å². The Bertz CT molecular complexity index is 1270. The molecular formula is C25H22N4. The van der Waals surface area contributed by atoms with Gasteiger partial charge in [0.15, 0.2) is 0 Å². The first kappa shape index (κ1) is 17.3. The van der Waals surface area contributed by atoms with Gasteiger partial charge >= 0.3 is 0 Å². The van der Waals surface area contributed by atoms with E-state index in [2.05, 4.69) is 53.6 Å². The zero-order valence-corrected chi connectivity index (χ0v) is 16.2. The van der Waals surface area contributed by atoms with E-state index in [0.29, 0.717) is 5.82 Å². The topological polar surface area (TPSA) is 59.6 Å². The average Bonchev–Trinajstić information content (AvgIpc) is 3.32. The fourth-order valence-electron chi connectivity index (χ4n) is 4.16. The van der Waals surface area contributed by atoms with E-state index >= 15 is 0 Å². The maximum absolute atomic E-state index is 6.71. The predicted octanol–water partition coefficient (Wildman–Crippen LogP) is 5.42. The summed E-state index contributed by atoms with van der Waals surface area (Å²) in [5.74, 6) is 0.664. The molecule has 142 valence electrons. The second kappa shape index (κ2) is 6.99. The Morgan fingerprint density at radius 1 is 0.862 bits per heavy atom. The van der Waals surface area contributed by atoms with E-state index in [-0.39, 0.29) is 5.92 Å². The second-order valence-corrected chi connectivity index (χ2v) is 7.26. The van der Waals surface area contributed by atoms with Crippen LogP contribution in [-0.4, -0.2) is 14.8 Å². The van der Waals surface area contributed by atoms with Gasteiger partial charge in [0.25, 0.3) is 0 Å². The lowest BCUT2D eigenvalue weighted by Crippen LogP contribution is -2.08. The first-order valence-electron chi connectivity index (χ1n) is 9.75. The van der Waals surface area contributed by atoms with Crippen molar-refractivity contribution in [2.75, 3.05) is 5.73 Å². The molecule has 1 atom stereocenters. The Balaban J connectivity index is 1.76. The van der Waals surface area contributed by atoms with Gasteiger partial charge in [-0.3, -0.25) is 0 Å². The van der Waals surface area contributed by atoms with Gasteiger partial charge in [-0.2, -0.15) is 5.10 Å². The molecular weight excluding hydrogens is 356 g/mol. The maximum atomic E-state index is 6.71. The first-order chi connectivity index (χ1) is 14.2. The number of hydrogen-bond donors (Lipinski definition) is 2. The molecule has 2 heterocycles. The summed E-state index contributed by atoms with van der Waals surface area (Å²) in [6.45, 7) is 2.04. The molecule has 0 saturated heterocycles. The average molecular weight is 378 g/mol. The van der Waals surface area contributed by atoms with Crippen LogP contribution in [0.2, 0.25) is 0 Å². The van der Waals surface area contributed by atoms with Gasteiger partial charge in [0.05, 0.1) is 11.4 Å². The Hall–Kier alpha value is -3.79. The molecule has 1 unspecified atom stereocenters. The van der Waals surface area contributed by atoms with Crippen LogP contribution in [0.3, 0.4) is 0 Å². The third-order valence-corrected chi connectivity index (χ3v) is 5.50. The number of benzene rings is 3. The van der Waals surface area contributed by atoms with Gasteiger partial charge in [-0.25, -0.2) is 4.68 Å². The highest BCUT2D eigenvalue weighted by molar-refractivity contribution is 5.85. The minimum Gasteiger partial charge on any atom is -0.383 e. The fourth-order valence-corrected chi connectivity index (χ4v) is 4.16. The zero-order valence-electron chi connectivity index (χ0n) is 16.2. The standard InChI is InChI=1S/C25H22N4/c1-17-23(25(26)29(28-17)19-12-6-3-7-13-19)24(18-10-4-2-5-11-18)21-16-27-22-15-9-8-14-20(21)22/h2-16,24,27H,26H2,1H3. The monoisotopic (exact) mass is 378 g/mol. The summed E-state index contributed by atoms with van der Waals surface area (Å²) < 4.78 is 1.84. The van der Waals surface area contributed by atoms with Crippen molar-refractivity contribution >= 4 is 16.7 Å². The summed E-state index contributed by atoms with van der Waals surface area (Å²) in [4.78, 5) is 3.42. The number of nitrogens with one attached hydrogen (secondary N) is 1. The molecule has 5 aromatic rings. The number of nitrogens with zero attached hydrogens (tertiary/aromatic N) is 2. The van der Waals surface area contributed by atoms with Crippen molar-refractivity contribution in [1.29, 1.82) is 0 Å². The van der Waals surface area contributed by atoms with Crippen LogP contribution in [0.4, 0.5) is 5.82 Å². The van der Waals surface area contributed by atoms with Gasteiger partial charge in [0.1, 0.15) is 5.82 Å². The number of H-pyrrole nitrogens is 1. The van der Waals surface area contributed by atoms with Crippen LogP contribution >= 0.6 is 0 Å². The molecule has 0 bridgehead atoms. The summed E-state index contributed by atoms with van der Waals surface area (Å²) >= 11 is 0. The minimum atomic E-state index is -0.00943. The van der Waals surface area contributed by atoms with E-state index in [0.717, 1.165) is 22.5 Å². The first-order valence-corrected chi connectivity index (χ1v) is 9.75. The van der Waals surface area contributed by atoms with Crippen molar-refractivity contribution in [1.82, 2.24) is 14.8 Å². The third kappa shape index (κ3) is 2.90. The van der Waals surface area contributed by atoms with Gasteiger partial charge in [-0.05, 0) is 36.2 Å². The van der Waals surface area contributed by atoms with Crippen LogP contribution in [0.15, 0.2) is 91.1 Å². The molecule has 3 N–H and O–H groups in total. The molecule has 2 aromatic heterocycles. The van der Waals surface area contributed by atoms with Crippen LogP contribution in [0.5, 0.6) is 0 Å². The lowest BCUT2D eigenvalue weighted by Gasteiger charge is -2.18. The number of hydrogen-bond acceptors (Lipinski definition) is 2. The molecule has 0 radical (unpaired) electrons. The minimum absolute atomic E-state index is 0.00943. The Kier molecular flexibility index (Phi) is 4.17. The molecule has 3 aromatic carbocycles. The van der Waals surface area contributed by atoms with Gasteiger partial charge < -0.3 is 10.7 Å². The van der Waals surface area contributed by atoms with Crippen molar-refractivity contribution in [3.63, 3.8) is 0 Å². The molecule has 0 aliphatic carbocycles. The number of aromatic amines is 1. The number of rotatable bonds is 4. The van der Waals surface area contributed by atoms with Crippen molar-refractivity contribution in [3.05, 3.63) is 114 Å². The smallest absolute Gasteiger partial charge is 0.131 e. The second-order valence-electron chi connectivity index (χ2n) is 7.26. The van der Waals surface area contributed by atoms with E-state index in [1.165, 1.54) is 16.5 Å². The number of anilines is 1. The summed E-state index contributed by atoms with van der Waals surface area (Å²) in [6.07, 6.45) is 2.10. The van der Waals surface area contributed by atoms with E-state index in [9.17, 15) is 0 Å². The largest absolute Gasteiger partial charge is 0.383 e. The number of fused-ring (bicyclic) bond motifs is 1. The quantitative estimate of drug-likeness (QED) is 0.438. The van der Waals surface area contributed by atoms with E-state index in [4.69, 9.17) is 10.8 Å². The van der Waals surface area contributed by atoms with Crippen LogP contribution in [0.25, 0.3) is 16.6 Å². The van der Waals surface area contributed by atoms with Gasteiger partial charge in [0, 0.05) is 28.6 Å². The lowest BCUT2D eigenvalue weighted by atomic mass is 9.84. The normalized spacial score (nSPS) is 12.3. The van der Waals surface area contributed by atoms with Gasteiger partial charge in [-0.1, -0.05) is 66.7 Å². The van der Waals surface area contributed by atoms with Crippen LogP contribution in [-0.2, 0) is 0 Å². The summed E-state index contributed by atoms with van der Waals surface area (Å²) in [5, 5.41) is 6.00. The highest BCUT2D eigenvalue weighted by atomic mass is 15.3. The molecule has 5 rings (SSSR count). The molecule has 4 heteroatoms. The highest BCUT2D eigenvalue weighted by Gasteiger charge is 2.27. The molecule has 0 fully saturated rings. The van der Waals surface area contributed by atoms with Crippen LogP contribution < -0.4 is 5.73 Å². The van der Waals surface area contributed by atoms with Gasteiger partial charge in [-0.15, -0.1) is 0 Å². The highest BCUT2D eigenvalue weighted by Crippen LogP contribution is 2.40. The number of nitrogen functional groups attached to an aromatic ring is 1. The van der Waals surface area contributed by atoms with E-state index in [1.807, 2.05) is 54.1 Å². The Morgan fingerprint density at radius 3 is 2.28 bits per heavy atom. The SMILES string of the molecule is Cc1nn(-c2ccccc2)c(N)c1C(c1ccccc1)c1c[nH]c2ccccc12. The number of nitrogens with two attached hydrogens (primary N) is 1. The number of aromatic nitrogens is 3. The lowest BCUT2D eigenvalue weighted by molar-refractivity contribution is 0.872. The summed E-state index contributed by atoms with van der Waals surface area (Å²) in [5.41, 5.74) is 13.2. The van der Waals surface area contributed by atoms with E-state index in [1.54, 1.807) is 0 Å². The Labute approximate surface area is 169 Å². The predicted molar refractivity (Wildman–Crippen MR) is 118 cm³/mol. The van der Waals surface area contributed by atoms with Crippen LogP contribution in [0, 0.1) is 6.92 Å². The van der Waals surface area contributed by atoms with Gasteiger partial charge in [0.2, 0.25) is 0 Å².